The topological polar surface area (TPSA) is 35.5 Å². The molecule has 0 atom stereocenters. The Labute approximate surface area is 105 Å². The van der Waals surface area contributed by atoms with Gasteiger partial charge in [0, 0.05) is 6.42 Å². The molecule has 5 heteroatoms. The Morgan fingerprint density at radius 3 is 2.78 bits per heavy atom. The summed E-state index contributed by atoms with van der Waals surface area (Å²) in [4.78, 5) is 11.0. The predicted octanol–water partition coefficient (Wildman–Crippen LogP) is 3.08. The Bertz CT molecular complexity index is 394. The van der Waals surface area contributed by atoms with E-state index in [1.165, 1.54) is 12.1 Å². The van der Waals surface area contributed by atoms with Gasteiger partial charge in [0.15, 0.2) is 11.6 Å². The van der Waals surface area contributed by atoms with Crippen molar-refractivity contribution in [2.45, 2.75) is 26.2 Å². The van der Waals surface area contributed by atoms with E-state index < -0.39 is 11.6 Å². The molecule has 0 unspecified atom stereocenters. The van der Waals surface area contributed by atoms with E-state index in [9.17, 15) is 13.6 Å². The van der Waals surface area contributed by atoms with Crippen LogP contribution >= 0.6 is 0 Å². The lowest BCUT2D eigenvalue weighted by atomic mass is 10.2. The first-order valence-corrected chi connectivity index (χ1v) is 5.87. The standard InChI is InChI=1S/C13H16F2O3/c1-2-17-12(16)8-3-4-9-18-11-7-5-6-10(14)13(11)15/h5-7H,2-4,8-9H2,1H3. The van der Waals surface area contributed by atoms with Gasteiger partial charge in [-0.05, 0) is 31.9 Å². The molecule has 3 nitrogen and oxygen atoms in total. The SMILES string of the molecule is CCOC(=O)CCCCOc1cccc(F)c1F. The minimum Gasteiger partial charge on any atom is -0.490 e. The number of carbonyl (C=O) groups excluding carboxylic acids is 1. The number of hydrogen-bond donors (Lipinski definition) is 0. The lowest BCUT2D eigenvalue weighted by molar-refractivity contribution is -0.143. The molecule has 0 fully saturated rings. The zero-order chi connectivity index (χ0) is 13.4. The minimum absolute atomic E-state index is 0.105. The van der Waals surface area contributed by atoms with Crippen LogP contribution in [-0.2, 0) is 9.53 Å². The number of halogens is 2. The number of benzene rings is 1. The van der Waals surface area contributed by atoms with Gasteiger partial charge in [-0.2, -0.15) is 4.39 Å². The largest absolute Gasteiger partial charge is 0.490 e. The van der Waals surface area contributed by atoms with E-state index >= 15 is 0 Å². The highest BCUT2D eigenvalue weighted by Crippen LogP contribution is 2.19. The second kappa shape index (κ2) is 7.63. The number of hydrogen-bond acceptors (Lipinski definition) is 3. The van der Waals surface area contributed by atoms with Gasteiger partial charge in [-0.3, -0.25) is 4.79 Å². The van der Waals surface area contributed by atoms with Gasteiger partial charge in [0.25, 0.3) is 0 Å². The van der Waals surface area contributed by atoms with Crippen LogP contribution in [0.2, 0.25) is 0 Å². The number of carbonyl (C=O) groups is 1. The molecule has 0 aliphatic rings. The lowest BCUT2D eigenvalue weighted by Gasteiger charge is -2.07. The molecule has 0 bridgehead atoms. The normalized spacial score (nSPS) is 10.2. The molecule has 0 spiro atoms. The maximum absolute atomic E-state index is 13.2. The van der Waals surface area contributed by atoms with Crippen molar-refractivity contribution < 1.29 is 23.0 Å². The van der Waals surface area contributed by atoms with Crippen molar-refractivity contribution in [3.05, 3.63) is 29.8 Å². The molecule has 18 heavy (non-hydrogen) atoms. The molecule has 100 valence electrons. The minimum atomic E-state index is -0.983. The summed E-state index contributed by atoms with van der Waals surface area (Å²) in [5, 5.41) is 0. The fourth-order valence-electron chi connectivity index (χ4n) is 1.38. The highest BCUT2D eigenvalue weighted by Gasteiger charge is 2.08. The zero-order valence-electron chi connectivity index (χ0n) is 10.2. The Kier molecular flexibility index (Phi) is 6.11. The first kappa shape index (κ1) is 14.4. The Balaban J connectivity index is 2.22. The molecular weight excluding hydrogens is 242 g/mol. The highest BCUT2D eigenvalue weighted by molar-refractivity contribution is 5.69. The third-order valence-corrected chi connectivity index (χ3v) is 2.25. The third-order valence-electron chi connectivity index (χ3n) is 2.25. The molecule has 1 rings (SSSR count). The Morgan fingerprint density at radius 1 is 1.28 bits per heavy atom. The van der Waals surface area contributed by atoms with Crippen molar-refractivity contribution >= 4 is 5.97 Å². The van der Waals surface area contributed by atoms with Crippen LogP contribution < -0.4 is 4.74 Å². The summed E-state index contributed by atoms with van der Waals surface area (Å²) in [5.41, 5.74) is 0. The number of esters is 1. The molecule has 0 aliphatic carbocycles. The molecule has 0 amide bonds. The summed E-state index contributed by atoms with van der Waals surface area (Å²) in [5.74, 6) is -2.28. The van der Waals surface area contributed by atoms with Gasteiger partial charge in [0.2, 0.25) is 5.82 Å². The van der Waals surface area contributed by atoms with Gasteiger partial charge in [-0.15, -0.1) is 0 Å². The molecule has 0 saturated heterocycles. The van der Waals surface area contributed by atoms with Crippen molar-refractivity contribution in [2.75, 3.05) is 13.2 Å². The fraction of sp³-hybridized carbons (Fsp3) is 0.462. The maximum Gasteiger partial charge on any atom is 0.305 e. The van der Waals surface area contributed by atoms with Crippen molar-refractivity contribution in [1.82, 2.24) is 0 Å². The quantitative estimate of drug-likeness (QED) is 0.557. The van der Waals surface area contributed by atoms with E-state index in [4.69, 9.17) is 9.47 Å². The lowest BCUT2D eigenvalue weighted by Crippen LogP contribution is -2.05. The summed E-state index contributed by atoms with van der Waals surface area (Å²) in [6.07, 6.45) is 1.48. The van der Waals surface area contributed by atoms with Crippen LogP contribution in [0.4, 0.5) is 8.78 Å². The van der Waals surface area contributed by atoms with E-state index in [1.807, 2.05) is 0 Å². The van der Waals surface area contributed by atoms with Crippen LogP contribution in [0.3, 0.4) is 0 Å². The van der Waals surface area contributed by atoms with Gasteiger partial charge in [-0.1, -0.05) is 6.07 Å². The first-order chi connectivity index (χ1) is 8.65. The molecule has 0 saturated carbocycles. The van der Waals surface area contributed by atoms with Gasteiger partial charge in [-0.25, -0.2) is 4.39 Å². The fourth-order valence-corrected chi connectivity index (χ4v) is 1.38. The number of rotatable bonds is 7. The van der Waals surface area contributed by atoms with Gasteiger partial charge in [0.05, 0.1) is 13.2 Å². The van der Waals surface area contributed by atoms with E-state index in [2.05, 4.69) is 0 Å². The summed E-state index contributed by atoms with van der Waals surface area (Å²) >= 11 is 0. The van der Waals surface area contributed by atoms with Crippen LogP contribution in [0.1, 0.15) is 26.2 Å². The van der Waals surface area contributed by atoms with Crippen molar-refractivity contribution in [3.8, 4) is 5.75 Å². The van der Waals surface area contributed by atoms with E-state index in [0.29, 0.717) is 25.9 Å². The Hall–Kier alpha value is -1.65. The summed E-state index contributed by atoms with van der Waals surface area (Å²) < 4.78 is 35.8. The molecule has 0 aliphatic heterocycles. The average molecular weight is 258 g/mol. The maximum atomic E-state index is 13.2. The van der Waals surface area contributed by atoms with E-state index in [0.717, 1.165) is 6.07 Å². The van der Waals surface area contributed by atoms with E-state index in [-0.39, 0.29) is 18.3 Å². The second-order valence-corrected chi connectivity index (χ2v) is 3.66. The predicted molar refractivity (Wildman–Crippen MR) is 62.3 cm³/mol. The molecule has 0 N–H and O–H groups in total. The van der Waals surface area contributed by atoms with E-state index in [1.54, 1.807) is 6.92 Å². The smallest absolute Gasteiger partial charge is 0.305 e. The van der Waals surface area contributed by atoms with Crippen LogP contribution in [0.15, 0.2) is 18.2 Å². The van der Waals surface area contributed by atoms with Gasteiger partial charge < -0.3 is 9.47 Å². The van der Waals surface area contributed by atoms with Crippen LogP contribution in [-0.4, -0.2) is 19.2 Å². The van der Waals surface area contributed by atoms with Crippen LogP contribution in [0, 0.1) is 11.6 Å². The molecule has 1 aromatic rings. The average Bonchev–Trinajstić information content (AvgIpc) is 2.34. The van der Waals surface area contributed by atoms with Crippen molar-refractivity contribution in [2.24, 2.45) is 0 Å². The van der Waals surface area contributed by atoms with Gasteiger partial charge in [0.1, 0.15) is 0 Å². The monoisotopic (exact) mass is 258 g/mol. The number of ether oxygens (including phenoxy) is 2. The summed E-state index contributed by atoms with van der Waals surface area (Å²) in [6.45, 7) is 2.34. The second-order valence-electron chi connectivity index (χ2n) is 3.66. The van der Waals surface area contributed by atoms with Crippen LogP contribution in [0.25, 0.3) is 0 Å². The molecule has 1 aromatic carbocycles. The molecule has 0 heterocycles. The molecular formula is C13H16F2O3. The highest BCUT2D eigenvalue weighted by atomic mass is 19.2. The summed E-state index contributed by atoms with van der Waals surface area (Å²) in [7, 11) is 0. The van der Waals surface area contributed by atoms with Gasteiger partial charge >= 0.3 is 5.97 Å². The first-order valence-electron chi connectivity index (χ1n) is 5.87. The summed E-state index contributed by atoms with van der Waals surface area (Å²) in [6, 6.07) is 3.78. The zero-order valence-corrected chi connectivity index (χ0v) is 10.2. The molecule has 0 radical (unpaired) electrons. The number of unbranched alkanes of at least 4 members (excludes halogenated alkanes) is 1. The van der Waals surface area contributed by atoms with Crippen LogP contribution in [0.5, 0.6) is 5.75 Å². The van der Waals surface area contributed by atoms with Crippen molar-refractivity contribution in [1.29, 1.82) is 0 Å². The Morgan fingerprint density at radius 2 is 2.06 bits per heavy atom. The van der Waals surface area contributed by atoms with Crippen molar-refractivity contribution in [3.63, 3.8) is 0 Å². The third kappa shape index (κ3) is 4.69. The molecule has 0 aromatic heterocycles.